The zero-order valence-electron chi connectivity index (χ0n) is 11.5. The Labute approximate surface area is 114 Å². The maximum absolute atomic E-state index is 6.04. The molecule has 100 valence electrons. The van der Waals surface area contributed by atoms with Crippen LogP contribution in [0.4, 0.5) is 0 Å². The van der Waals surface area contributed by atoms with Gasteiger partial charge in [0.25, 0.3) is 0 Å². The molecule has 0 radical (unpaired) electrons. The standard InChI is InChI=1S/C16H20N2O/c1-3-13(2)12-19-16(14-8-4-6-10-17-14)15-9-5-7-11-18-15/h4-11,13,16H,3,12H2,1-2H3. The Morgan fingerprint density at radius 3 is 2.00 bits per heavy atom. The predicted octanol–water partition coefficient (Wildman–Crippen LogP) is 3.63. The number of aromatic nitrogens is 2. The van der Waals surface area contributed by atoms with Crippen LogP contribution in [0.1, 0.15) is 37.8 Å². The molecule has 0 saturated carbocycles. The van der Waals surface area contributed by atoms with E-state index in [1.165, 1.54) is 0 Å². The Kier molecular flexibility index (Phi) is 5.04. The average Bonchev–Trinajstić information content (AvgIpc) is 2.49. The highest BCUT2D eigenvalue weighted by atomic mass is 16.5. The van der Waals surface area contributed by atoms with Gasteiger partial charge in [-0.1, -0.05) is 32.4 Å². The third-order valence-electron chi connectivity index (χ3n) is 3.16. The number of pyridine rings is 2. The summed E-state index contributed by atoms with van der Waals surface area (Å²) in [5.74, 6) is 0.537. The number of nitrogens with zero attached hydrogens (tertiary/aromatic N) is 2. The first-order chi connectivity index (χ1) is 9.31. The van der Waals surface area contributed by atoms with Crippen LogP contribution in [0, 0.1) is 5.92 Å². The summed E-state index contributed by atoms with van der Waals surface area (Å²) in [6.07, 6.45) is 4.50. The molecule has 0 fully saturated rings. The molecule has 3 heteroatoms. The second-order valence-corrected chi connectivity index (χ2v) is 4.74. The number of rotatable bonds is 6. The van der Waals surface area contributed by atoms with Gasteiger partial charge < -0.3 is 4.74 Å². The molecule has 3 nitrogen and oxygen atoms in total. The largest absolute Gasteiger partial charge is 0.365 e. The van der Waals surface area contributed by atoms with Gasteiger partial charge >= 0.3 is 0 Å². The van der Waals surface area contributed by atoms with Crippen molar-refractivity contribution in [3.63, 3.8) is 0 Å². The van der Waals surface area contributed by atoms with E-state index in [-0.39, 0.29) is 6.10 Å². The minimum Gasteiger partial charge on any atom is -0.365 e. The van der Waals surface area contributed by atoms with E-state index in [1.807, 2.05) is 36.4 Å². The molecule has 0 aromatic carbocycles. The summed E-state index contributed by atoms with van der Waals surface area (Å²) in [5.41, 5.74) is 1.81. The topological polar surface area (TPSA) is 35.0 Å². The molecule has 0 aliphatic rings. The molecule has 0 saturated heterocycles. The van der Waals surface area contributed by atoms with Crippen molar-refractivity contribution in [2.24, 2.45) is 5.92 Å². The van der Waals surface area contributed by atoms with E-state index in [4.69, 9.17) is 4.74 Å². The van der Waals surface area contributed by atoms with Crippen molar-refractivity contribution in [2.45, 2.75) is 26.4 Å². The lowest BCUT2D eigenvalue weighted by Gasteiger charge is -2.19. The molecule has 19 heavy (non-hydrogen) atoms. The monoisotopic (exact) mass is 256 g/mol. The van der Waals surface area contributed by atoms with E-state index in [9.17, 15) is 0 Å². The quantitative estimate of drug-likeness (QED) is 0.791. The first kappa shape index (κ1) is 13.7. The lowest BCUT2D eigenvalue weighted by Crippen LogP contribution is -2.14. The Balaban J connectivity index is 2.19. The summed E-state index contributed by atoms with van der Waals surface area (Å²) in [6.45, 7) is 5.08. The summed E-state index contributed by atoms with van der Waals surface area (Å²) in [6, 6.07) is 11.7. The van der Waals surface area contributed by atoms with Gasteiger partial charge in [-0.2, -0.15) is 0 Å². The van der Waals surface area contributed by atoms with Gasteiger partial charge in [-0.05, 0) is 30.2 Å². The van der Waals surface area contributed by atoms with Crippen molar-refractivity contribution in [3.05, 3.63) is 60.2 Å². The zero-order chi connectivity index (χ0) is 13.5. The molecular weight excluding hydrogens is 236 g/mol. The molecular formula is C16H20N2O. The molecule has 0 aliphatic carbocycles. The molecule has 1 atom stereocenters. The van der Waals surface area contributed by atoms with Crippen LogP contribution in [-0.4, -0.2) is 16.6 Å². The third-order valence-corrected chi connectivity index (χ3v) is 3.16. The zero-order valence-corrected chi connectivity index (χ0v) is 11.5. The van der Waals surface area contributed by atoms with Crippen LogP contribution in [0.5, 0.6) is 0 Å². The Hall–Kier alpha value is -1.74. The van der Waals surface area contributed by atoms with Crippen molar-refractivity contribution < 1.29 is 4.74 Å². The number of hydrogen-bond acceptors (Lipinski definition) is 3. The molecule has 2 aromatic rings. The second-order valence-electron chi connectivity index (χ2n) is 4.74. The average molecular weight is 256 g/mol. The fourth-order valence-electron chi connectivity index (χ4n) is 1.76. The van der Waals surface area contributed by atoms with Crippen LogP contribution in [0.3, 0.4) is 0 Å². The van der Waals surface area contributed by atoms with Gasteiger partial charge in [0.15, 0.2) is 0 Å². The van der Waals surface area contributed by atoms with E-state index in [1.54, 1.807) is 12.4 Å². The lowest BCUT2D eigenvalue weighted by molar-refractivity contribution is 0.0504. The Bertz CT molecular complexity index is 433. The molecule has 0 amide bonds. The SMILES string of the molecule is CCC(C)COC(c1ccccn1)c1ccccn1. The molecule has 0 spiro atoms. The Morgan fingerprint density at radius 2 is 1.58 bits per heavy atom. The summed E-state index contributed by atoms with van der Waals surface area (Å²) in [7, 11) is 0. The van der Waals surface area contributed by atoms with E-state index in [2.05, 4.69) is 23.8 Å². The van der Waals surface area contributed by atoms with Crippen LogP contribution in [0.25, 0.3) is 0 Å². The summed E-state index contributed by atoms with van der Waals surface area (Å²) in [5, 5.41) is 0. The summed E-state index contributed by atoms with van der Waals surface area (Å²) < 4.78 is 6.04. The van der Waals surface area contributed by atoms with E-state index >= 15 is 0 Å². The molecule has 2 heterocycles. The smallest absolute Gasteiger partial charge is 0.141 e. The minimum atomic E-state index is -0.184. The van der Waals surface area contributed by atoms with Gasteiger partial charge in [0.1, 0.15) is 6.10 Å². The van der Waals surface area contributed by atoms with Crippen LogP contribution >= 0.6 is 0 Å². The van der Waals surface area contributed by atoms with Crippen molar-refractivity contribution >= 4 is 0 Å². The molecule has 0 bridgehead atoms. The fraction of sp³-hybridized carbons (Fsp3) is 0.375. The van der Waals surface area contributed by atoms with Crippen LogP contribution in [0.15, 0.2) is 48.8 Å². The van der Waals surface area contributed by atoms with E-state index < -0.39 is 0 Å². The highest BCUT2D eigenvalue weighted by Gasteiger charge is 2.17. The third kappa shape index (κ3) is 3.86. The summed E-state index contributed by atoms with van der Waals surface area (Å²) in [4.78, 5) is 8.79. The van der Waals surface area contributed by atoms with E-state index in [0.29, 0.717) is 12.5 Å². The van der Waals surface area contributed by atoms with E-state index in [0.717, 1.165) is 17.8 Å². The van der Waals surface area contributed by atoms with Gasteiger partial charge in [0.05, 0.1) is 18.0 Å². The molecule has 0 N–H and O–H groups in total. The van der Waals surface area contributed by atoms with Gasteiger partial charge in [-0.15, -0.1) is 0 Å². The van der Waals surface area contributed by atoms with Crippen molar-refractivity contribution in [1.29, 1.82) is 0 Å². The maximum atomic E-state index is 6.04. The first-order valence-electron chi connectivity index (χ1n) is 6.74. The van der Waals surface area contributed by atoms with Crippen LogP contribution in [0.2, 0.25) is 0 Å². The first-order valence-corrected chi connectivity index (χ1v) is 6.74. The molecule has 2 rings (SSSR count). The lowest BCUT2D eigenvalue weighted by atomic mass is 10.1. The highest BCUT2D eigenvalue weighted by Crippen LogP contribution is 2.23. The molecule has 1 unspecified atom stereocenters. The van der Waals surface area contributed by atoms with Gasteiger partial charge in [-0.25, -0.2) is 0 Å². The Morgan fingerprint density at radius 1 is 1.00 bits per heavy atom. The number of ether oxygens (including phenoxy) is 1. The van der Waals surface area contributed by atoms with Crippen molar-refractivity contribution in [1.82, 2.24) is 9.97 Å². The van der Waals surface area contributed by atoms with Crippen molar-refractivity contribution in [2.75, 3.05) is 6.61 Å². The fourth-order valence-corrected chi connectivity index (χ4v) is 1.76. The van der Waals surface area contributed by atoms with Crippen molar-refractivity contribution in [3.8, 4) is 0 Å². The van der Waals surface area contributed by atoms with Gasteiger partial charge in [-0.3, -0.25) is 9.97 Å². The minimum absolute atomic E-state index is 0.184. The van der Waals surface area contributed by atoms with Gasteiger partial charge in [0, 0.05) is 12.4 Å². The number of hydrogen-bond donors (Lipinski definition) is 0. The van der Waals surface area contributed by atoms with Gasteiger partial charge in [0.2, 0.25) is 0 Å². The maximum Gasteiger partial charge on any atom is 0.141 e. The predicted molar refractivity (Wildman–Crippen MR) is 75.7 cm³/mol. The molecule has 0 aliphatic heterocycles. The normalized spacial score (nSPS) is 12.6. The summed E-state index contributed by atoms with van der Waals surface area (Å²) >= 11 is 0. The second kappa shape index (κ2) is 7.00. The van der Waals surface area contributed by atoms with Crippen LogP contribution in [-0.2, 0) is 4.74 Å². The van der Waals surface area contributed by atoms with Crippen LogP contribution < -0.4 is 0 Å². The highest BCUT2D eigenvalue weighted by molar-refractivity contribution is 5.19. The molecule has 2 aromatic heterocycles.